The minimum absolute atomic E-state index is 0. The first-order valence-electron chi connectivity index (χ1n) is 5.97. The maximum absolute atomic E-state index is 11.0. The second-order valence-electron chi connectivity index (χ2n) is 4.67. The highest BCUT2D eigenvalue weighted by Gasteiger charge is 2.21. The molecule has 1 aromatic rings. The maximum Gasteiger partial charge on any atom is 0.273 e. The van der Waals surface area contributed by atoms with Crippen LogP contribution in [0.1, 0.15) is 18.4 Å². The summed E-state index contributed by atoms with van der Waals surface area (Å²) < 4.78 is 0. The van der Waals surface area contributed by atoms with Crippen LogP contribution in [0.15, 0.2) is 18.2 Å². The Bertz CT molecular complexity index is 457. The summed E-state index contributed by atoms with van der Waals surface area (Å²) >= 11 is 5.90. The largest absolute Gasteiger partial charge is 0.327 e. The number of likely N-dealkylation sites (tertiary alicyclic amines) is 1. The number of hydrogen-bond acceptors (Lipinski definition) is 4. The fourth-order valence-electron chi connectivity index (χ4n) is 2.33. The monoisotopic (exact) mass is 305 g/mol. The van der Waals surface area contributed by atoms with Crippen molar-refractivity contribution in [3.05, 3.63) is 38.9 Å². The molecule has 0 radical (unpaired) electrons. The summed E-state index contributed by atoms with van der Waals surface area (Å²) in [6, 6.07) is 4.84. The zero-order chi connectivity index (χ0) is 13.1. The summed E-state index contributed by atoms with van der Waals surface area (Å²) in [5, 5.41) is 11.5. The first-order valence-corrected chi connectivity index (χ1v) is 6.35. The van der Waals surface area contributed by atoms with Crippen molar-refractivity contribution in [2.45, 2.75) is 25.4 Å². The number of rotatable bonds is 3. The molecule has 1 saturated heterocycles. The van der Waals surface area contributed by atoms with Crippen molar-refractivity contribution >= 4 is 29.7 Å². The molecule has 1 fully saturated rings. The normalized spacial score (nSPS) is 19.8. The zero-order valence-electron chi connectivity index (χ0n) is 10.4. The van der Waals surface area contributed by atoms with Crippen molar-refractivity contribution in [2.75, 3.05) is 13.1 Å². The Balaban J connectivity index is 0.00000180. The summed E-state index contributed by atoms with van der Waals surface area (Å²) in [6.45, 7) is 2.24. The molecule has 0 saturated carbocycles. The predicted octanol–water partition coefficient (Wildman–Crippen LogP) is 2.59. The van der Waals surface area contributed by atoms with Crippen LogP contribution in [0.5, 0.6) is 0 Å². The molecule has 0 spiro atoms. The molecule has 1 atom stereocenters. The lowest BCUT2D eigenvalue weighted by molar-refractivity contribution is -0.385. The van der Waals surface area contributed by atoms with E-state index >= 15 is 0 Å². The van der Waals surface area contributed by atoms with Crippen molar-refractivity contribution in [3.8, 4) is 0 Å². The quantitative estimate of drug-likeness (QED) is 0.688. The van der Waals surface area contributed by atoms with Crippen molar-refractivity contribution in [1.29, 1.82) is 0 Å². The number of nitrogens with two attached hydrogens (primary N) is 1. The standard InChI is InChI=1S/C12H16ClN3O2.ClH/c13-10-3-4-12(16(17)18)9(6-10)7-15-5-1-2-11(14)8-15;/h3-4,6,11H,1-2,5,7-8,14H2;1H. The van der Waals surface area contributed by atoms with E-state index in [1.807, 2.05) is 0 Å². The number of nitro benzene ring substituents is 1. The summed E-state index contributed by atoms with van der Waals surface area (Å²) in [4.78, 5) is 12.7. The SMILES string of the molecule is Cl.NC1CCCN(Cc2cc(Cl)ccc2[N+](=O)[O-])C1. The Morgan fingerprint density at radius 2 is 2.26 bits per heavy atom. The van der Waals surface area contributed by atoms with Crippen LogP contribution in [0.25, 0.3) is 0 Å². The van der Waals surface area contributed by atoms with E-state index in [2.05, 4.69) is 4.90 Å². The molecule has 1 aliphatic rings. The van der Waals surface area contributed by atoms with E-state index in [1.165, 1.54) is 6.07 Å². The van der Waals surface area contributed by atoms with Crippen LogP contribution in [0.4, 0.5) is 5.69 Å². The van der Waals surface area contributed by atoms with Crippen molar-refractivity contribution in [2.24, 2.45) is 5.73 Å². The zero-order valence-corrected chi connectivity index (χ0v) is 12.0. The molecule has 2 N–H and O–H groups in total. The molecular formula is C12H17Cl2N3O2. The summed E-state index contributed by atoms with van der Waals surface area (Å²) in [5.74, 6) is 0. The van der Waals surface area contributed by atoms with Crippen LogP contribution in [0, 0.1) is 10.1 Å². The molecule has 5 nitrogen and oxygen atoms in total. The number of hydrogen-bond donors (Lipinski definition) is 1. The average molecular weight is 306 g/mol. The third kappa shape index (κ3) is 4.31. The molecule has 0 bridgehead atoms. The molecule has 106 valence electrons. The van der Waals surface area contributed by atoms with Gasteiger partial charge in [0.25, 0.3) is 5.69 Å². The van der Waals surface area contributed by atoms with Crippen LogP contribution < -0.4 is 5.73 Å². The lowest BCUT2D eigenvalue weighted by Gasteiger charge is -2.30. The van der Waals surface area contributed by atoms with Crippen molar-refractivity contribution in [1.82, 2.24) is 4.90 Å². The number of nitro groups is 1. The van der Waals surface area contributed by atoms with Gasteiger partial charge < -0.3 is 5.73 Å². The second kappa shape index (κ2) is 7.05. The predicted molar refractivity (Wildman–Crippen MR) is 77.8 cm³/mol. The Labute approximate surface area is 123 Å². The molecule has 0 amide bonds. The molecule has 2 rings (SSSR count). The summed E-state index contributed by atoms with van der Waals surface area (Å²) in [7, 11) is 0. The van der Waals surface area contributed by atoms with Gasteiger partial charge in [-0.1, -0.05) is 11.6 Å². The molecular weight excluding hydrogens is 289 g/mol. The van der Waals surface area contributed by atoms with E-state index in [4.69, 9.17) is 17.3 Å². The number of halogens is 2. The van der Waals surface area contributed by atoms with Gasteiger partial charge in [0.2, 0.25) is 0 Å². The van der Waals surface area contributed by atoms with Gasteiger partial charge in [-0.15, -0.1) is 12.4 Å². The van der Waals surface area contributed by atoms with Gasteiger partial charge in [-0.05, 0) is 31.5 Å². The summed E-state index contributed by atoms with van der Waals surface area (Å²) in [5.41, 5.74) is 6.68. The first kappa shape index (κ1) is 16.2. The van der Waals surface area contributed by atoms with E-state index in [0.717, 1.165) is 25.9 Å². The molecule has 1 aromatic carbocycles. The molecule has 19 heavy (non-hydrogen) atoms. The van der Waals surface area contributed by atoms with Gasteiger partial charge in [0.05, 0.1) is 4.92 Å². The molecule has 0 aliphatic carbocycles. The van der Waals surface area contributed by atoms with Crippen LogP contribution >= 0.6 is 24.0 Å². The van der Waals surface area contributed by atoms with E-state index in [1.54, 1.807) is 12.1 Å². The van der Waals surface area contributed by atoms with E-state index in [0.29, 0.717) is 17.1 Å². The third-order valence-corrected chi connectivity index (χ3v) is 3.41. The first-order chi connectivity index (χ1) is 8.56. The van der Waals surface area contributed by atoms with Crippen LogP contribution in [0.3, 0.4) is 0 Å². The number of nitrogens with zero attached hydrogens (tertiary/aromatic N) is 2. The summed E-state index contributed by atoms with van der Waals surface area (Å²) in [6.07, 6.45) is 2.06. The molecule has 0 aromatic heterocycles. The highest BCUT2D eigenvalue weighted by molar-refractivity contribution is 6.30. The highest BCUT2D eigenvalue weighted by atomic mass is 35.5. The molecule has 1 aliphatic heterocycles. The van der Waals surface area contributed by atoms with Gasteiger partial charge >= 0.3 is 0 Å². The van der Waals surface area contributed by atoms with Crippen molar-refractivity contribution < 1.29 is 4.92 Å². The third-order valence-electron chi connectivity index (χ3n) is 3.17. The smallest absolute Gasteiger partial charge is 0.273 e. The fraction of sp³-hybridized carbons (Fsp3) is 0.500. The topological polar surface area (TPSA) is 72.4 Å². The van der Waals surface area contributed by atoms with Gasteiger partial charge in [0, 0.05) is 35.8 Å². The average Bonchev–Trinajstić information content (AvgIpc) is 2.28. The number of benzene rings is 1. The van der Waals surface area contributed by atoms with Crippen LogP contribution in [-0.2, 0) is 6.54 Å². The Hall–Kier alpha value is -0.880. The van der Waals surface area contributed by atoms with E-state index in [9.17, 15) is 10.1 Å². The van der Waals surface area contributed by atoms with Gasteiger partial charge in [-0.25, -0.2) is 0 Å². The maximum atomic E-state index is 11.0. The molecule has 1 heterocycles. The Kier molecular flexibility index (Phi) is 6.00. The Morgan fingerprint density at radius 3 is 2.89 bits per heavy atom. The van der Waals surface area contributed by atoms with E-state index < -0.39 is 0 Å². The fourth-order valence-corrected chi connectivity index (χ4v) is 2.53. The van der Waals surface area contributed by atoms with Crippen LogP contribution in [-0.4, -0.2) is 29.0 Å². The van der Waals surface area contributed by atoms with Gasteiger partial charge in [-0.2, -0.15) is 0 Å². The van der Waals surface area contributed by atoms with Gasteiger partial charge in [0.15, 0.2) is 0 Å². The number of piperidine rings is 1. The minimum Gasteiger partial charge on any atom is -0.327 e. The van der Waals surface area contributed by atoms with Crippen LogP contribution in [0.2, 0.25) is 5.02 Å². The lowest BCUT2D eigenvalue weighted by Crippen LogP contribution is -2.42. The van der Waals surface area contributed by atoms with Gasteiger partial charge in [-0.3, -0.25) is 15.0 Å². The molecule has 7 heteroatoms. The van der Waals surface area contributed by atoms with Crippen molar-refractivity contribution in [3.63, 3.8) is 0 Å². The van der Waals surface area contributed by atoms with E-state index in [-0.39, 0.29) is 29.1 Å². The molecule has 1 unspecified atom stereocenters. The second-order valence-corrected chi connectivity index (χ2v) is 5.10. The lowest BCUT2D eigenvalue weighted by atomic mass is 10.1. The highest BCUT2D eigenvalue weighted by Crippen LogP contribution is 2.25. The Morgan fingerprint density at radius 1 is 1.53 bits per heavy atom. The minimum atomic E-state index is -0.366. The van der Waals surface area contributed by atoms with Gasteiger partial charge in [0.1, 0.15) is 0 Å².